The number of benzene rings is 3. The van der Waals surface area contributed by atoms with Gasteiger partial charge in [-0.05, 0) is 35.9 Å². The Labute approximate surface area is 180 Å². The minimum atomic E-state index is -3.64. The topological polar surface area (TPSA) is 108 Å². The number of nitrogens with one attached hydrogen (secondary N) is 2. The third-order valence-electron chi connectivity index (χ3n) is 5.76. The van der Waals surface area contributed by atoms with E-state index >= 15 is 0 Å². The molecule has 2 heterocycles. The summed E-state index contributed by atoms with van der Waals surface area (Å²) in [6.45, 7) is 3.06. The lowest BCUT2D eigenvalue weighted by atomic mass is 10.0. The molecule has 160 valence electrons. The molecular weight excluding hydrogens is 414 g/mol. The molecule has 1 amide bonds. The van der Waals surface area contributed by atoms with Crippen molar-refractivity contribution in [3.8, 4) is 0 Å². The summed E-state index contributed by atoms with van der Waals surface area (Å²) in [5.41, 5.74) is 9.03. The third-order valence-corrected chi connectivity index (χ3v) is 7.15. The molecule has 8 nitrogen and oxygen atoms in total. The predicted molar refractivity (Wildman–Crippen MR) is 120 cm³/mol. The number of nitrogens with zero attached hydrogens (tertiary/aromatic N) is 2. The Hall–Kier alpha value is -2.98. The van der Waals surface area contributed by atoms with Crippen LogP contribution < -0.4 is 20.8 Å². The Morgan fingerprint density at radius 1 is 1.00 bits per heavy atom. The number of nitrogen functional groups attached to an aromatic ring is 1. The fourth-order valence-electron chi connectivity index (χ4n) is 4.16. The molecule has 3 aromatic carbocycles. The van der Waals surface area contributed by atoms with E-state index < -0.39 is 10.0 Å². The molecule has 31 heavy (non-hydrogen) atoms. The molecule has 0 saturated carbocycles. The summed E-state index contributed by atoms with van der Waals surface area (Å²) in [6.07, 6.45) is 0. The lowest BCUT2D eigenvalue weighted by Crippen LogP contribution is -2.52. The molecule has 0 bridgehead atoms. The lowest BCUT2D eigenvalue weighted by Gasteiger charge is -2.27. The van der Waals surface area contributed by atoms with Gasteiger partial charge in [0, 0.05) is 48.2 Å². The van der Waals surface area contributed by atoms with Crippen LogP contribution in [0.4, 0.5) is 11.4 Å². The highest BCUT2D eigenvalue weighted by Gasteiger charge is 2.30. The summed E-state index contributed by atoms with van der Waals surface area (Å²) in [6, 6.07) is 15.9. The molecule has 3 aromatic rings. The maximum atomic E-state index is 13.0. The van der Waals surface area contributed by atoms with E-state index in [1.807, 2.05) is 30.3 Å². The first-order valence-corrected chi connectivity index (χ1v) is 11.6. The number of hydrogen-bond donors (Lipinski definition) is 3. The number of anilines is 2. The predicted octanol–water partition coefficient (Wildman–Crippen LogP) is 1.68. The second-order valence-corrected chi connectivity index (χ2v) is 9.43. The number of piperazine rings is 1. The van der Waals surface area contributed by atoms with Crippen molar-refractivity contribution in [3.63, 3.8) is 0 Å². The zero-order valence-electron chi connectivity index (χ0n) is 16.8. The highest BCUT2D eigenvalue weighted by Crippen LogP contribution is 2.40. The van der Waals surface area contributed by atoms with Gasteiger partial charge >= 0.3 is 0 Å². The molecule has 4 N–H and O–H groups in total. The second-order valence-electron chi connectivity index (χ2n) is 7.77. The normalized spacial score (nSPS) is 16.9. The number of carbonyl (C=O) groups is 1. The summed E-state index contributed by atoms with van der Waals surface area (Å²) in [5, 5.41) is 6.62. The monoisotopic (exact) mass is 437 g/mol. The highest BCUT2D eigenvalue weighted by molar-refractivity contribution is 7.89. The van der Waals surface area contributed by atoms with Crippen LogP contribution in [0.5, 0.6) is 0 Å². The molecule has 1 fully saturated rings. The number of nitrogens with two attached hydrogens (primary N) is 1. The minimum absolute atomic E-state index is 0.0803. The first-order chi connectivity index (χ1) is 14.9. The van der Waals surface area contributed by atoms with Crippen LogP contribution in [0.25, 0.3) is 10.8 Å². The van der Waals surface area contributed by atoms with Gasteiger partial charge in [-0.1, -0.05) is 24.3 Å². The summed E-state index contributed by atoms with van der Waals surface area (Å²) in [7, 11) is -3.64. The van der Waals surface area contributed by atoms with Crippen molar-refractivity contribution in [2.24, 2.45) is 0 Å². The zero-order chi connectivity index (χ0) is 21.6. The van der Waals surface area contributed by atoms with Crippen molar-refractivity contribution in [1.29, 1.82) is 0 Å². The third kappa shape index (κ3) is 3.55. The average molecular weight is 438 g/mol. The molecule has 1 saturated heterocycles. The summed E-state index contributed by atoms with van der Waals surface area (Å²) in [4.78, 5) is 17.5. The van der Waals surface area contributed by atoms with E-state index in [0.717, 1.165) is 35.1 Å². The smallest absolute Gasteiger partial charge is 0.259 e. The first-order valence-electron chi connectivity index (χ1n) is 10.1. The minimum Gasteiger partial charge on any atom is -0.398 e. The SMILES string of the molecule is Nc1ccc2c3c(cccc13)C(=O)N2Cc1ccc(S(=O)(=O)NN2CCNCC2)cc1. The quantitative estimate of drug-likeness (QED) is 0.524. The van der Waals surface area contributed by atoms with Crippen molar-refractivity contribution >= 4 is 38.1 Å². The van der Waals surface area contributed by atoms with Gasteiger partial charge in [-0.15, -0.1) is 4.83 Å². The number of amides is 1. The molecule has 0 radical (unpaired) electrons. The molecule has 0 aromatic heterocycles. The molecular formula is C22H23N5O3S. The van der Waals surface area contributed by atoms with E-state index in [9.17, 15) is 13.2 Å². The van der Waals surface area contributed by atoms with Crippen LogP contribution in [0.2, 0.25) is 0 Å². The maximum absolute atomic E-state index is 13.0. The largest absolute Gasteiger partial charge is 0.398 e. The van der Waals surface area contributed by atoms with Gasteiger partial charge in [0.15, 0.2) is 0 Å². The standard InChI is InChI=1S/C22H23N5O3S/c23-19-8-9-20-21-17(19)2-1-3-18(21)22(28)27(20)14-15-4-6-16(7-5-15)31(29,30)25-26-12-10-24-11-13-26/h1-9,24-25H,10-14,23H2. The van der Waals surface area contributed by atoms with Crippen LogP contribution in [0.1, 0.15) is 15.9 Å². The van der Waals surface area contributed by atoms with E-state index in [2.05, 4.69) is 10.1 Å². The van der Waals surface area contributed by atoms with Crippen molar-refractivity contribution in [2.45, 2.75) is 11.4 Å². The molecule has 5 rings (SSSR count). The van der Waals surface area contributed by atoms with Crippen molar-refractivity contribution in [1.82, 2.24) is 15.2 Å². The Morgan fingerprint density at radius 2 is 1.74 bits per heavy atom. The Morgan fingerprint density at radius 3 is 2.48 bits per heavy atom. The van der Waals surface area contributed by atoms with Gasteiger partial charge in [0.25, 0.3) is 15.9 Å². The van der Waals surface area contributed by atoms with Gasteiger partial charge in [-0.3, -0.25) is 4.79 Å². The summed E-state index contributed by atoms with van der Waals surface area (Å²) in [5.74, 6) is -0.0803. The molecule has 0 unspecified atom stereocenters. The maximum Gasteiger partial charge on any atom is 0.259 e. The zero-order valence-corrected chi connectivity index (χ0v) is 17.7. The van der Waals surface area contributed by atoms with Crippen LogP contribution in [0.15, 0.2) is 59.5 Å². The Kier molecular flexibility index (Phi) is 4.90. The summed E-state index contributed by atoms with van der Waals surface area (Å²) >= 11 is 0. The lowest BCUT2D eigenvalue weighted by molar-refractivity contribution is 0.0991. The van der Waals surface area contributed by atoms with E-state index in [0.29, 0.717) is 30.9 Å². The van der Waals surface area contributed by atoms with Gasteiger partial charge in [0.2, 0.25) is 0 Å². The van der Waals surface area contributed by atoms with E-state index in [1.165, 1.54) is 0 Å². The van der Waals surface area contributed by atoms with Gasteiger partial charge < -0.3 is 16.0 Å². The number of hydrazine groups is 1. The van der Waals surface area contributed by atoms with Crippen molar-refractivity contribution in [2.75, 3.05) is 36.8 Å². The van der Waals surface area contributed by atoms with E-state index in [4.69, 9.17) is 5.73 Å². The average Bonchev–Trinajstić information content (AvgIpc) is 3.04. The van der Waals surface area contributed by atoms with Gasteiger partial charge in [0.1, 0.15) is 0 Å². The molecule has 2 aliphatic heterocycles. The molecule has 2 aliphatic rings. The summed E-state index contributed by atoms with van der Waals surface area (Å²) < 4.78 is 25.3. The number of carbonyl (C=O) groups excluding carboxylic acids is 1. The fourth-order valence-corrected chi connectivity index (χ4v) is 5.28. The first kappa shape index (κ1) is 20.0. The van der Waals surface area contributed by atoms with Gasteiger partial charge in [-0.25, -0.2) is 13.4 Å². The molecule has 0 atom stereocenters. The van der Waals surface area contributed by atoms with Crippen molar-refractivity contribution in [3.05, 3.63) is 65.7 Å². The Balaban J connectivity index is 1.37. The van der Waals surface area contributed by atoms with Crippen LogP contribution in [0.3, 0.4) is 0 Å². The number of hydrogen-bond acceptors (Lipinski definition) is 6. The molecule has 9 heteroatoms. The number of rotatable bonds is 5. The highest BCUT2D eigenvalue weighted by atomic mass is 32.2. The molecule has 0 spiro atoms. The van der Waals surface area contributed by atoms with E-state index in [-0.39, 0.29) is 10.8 Å². The molecule has 0 aliphatic carbocycles. The number of sulfonamides is 1. The van der Waals surface area contributed by atoms with Gasteiger partial charge in [-0.2, -0.15) is 0 Å². The van der Waals surface area contributed by atoms with Crippen molar-refractivity contribution < 1.29 is 13.2 Å². The fraction of sp³-hybridized carbons (Fsp3) is 0.227. The van der Waals surface area contributed by atoms with Crippen LogP contribution in [0, 0.1) is 0 Å². The van der Waals surface area contributed by atoms with Crippen LogP contribution in [-0.2, 0) is 16.6 Å². The van der Waals surface area contributed by atoms with Crippen LogP contribution >= 0.6 is 0 Å². The van der Waals surface area contributed by atoms with Gasteiger partial charge in [0.05, 0.1) is 17.1 Å². The van der Waals surface area contributed by atoms with Crippen LogP contribution in [-0.4, -0.2) is 45.5 Å². The second kappa shape index (κ2) is 7.61. The Bertz CT molecular complexity index is 1270. The van der Waals surface area contributed by atoms with E-state index in [1.54, 1.807) is 34.2 Å².